The highest BCUT2D eigenvalue weighted by molar-refractivity contribution is 5.42. The van der Waals surface area contributed by atoms with Crippen molar-refractivity contribution >= 4 is 0 Å². The fraction of sp³-hybridized carbons (Fsp3) is 0.833. The Morgan fingerprint density at radius 2 is 1.50 bits per heavy atom. The van der Waals surface area contributed by atoms with E-state index in [1.165, 1.54) is 12.8 Å². The minimum Gasteiger partial charge on any atom is -0.0679 e. The Morgan fingerprint density at radius 1 is 1.00 bits per heavy atom. The molecule has 0 saturated heterocycles. The van der Waals surface area contributed by atoms with Crippen LogP contribution < -0.4 is 0 Å². The van der Waals surface area contributed by atoms with Crippen LogP contribution in [0.1, 0.15) is 40.5 Å². The van der Waals surface area contributed by atoms with E-state index < -0.39 is 0 Å². The lowest BCUT2D eigenvalue weighted by molar-refractivity contribution is 0.267. The average molecular weight is 162 g/mol. The maximum absolute atomic E-state index is 2.49. The molecule has 4 bridgehead atoms. The van der Waals surface area contributed by atoms with E-state index in [1.54, 1.807) is 11.1 Å². The standard InChI is InChI=1S/C12H18/c1-7-8(2)12(4)9-5-11(7,3)6-10(9)12/h9-10H,5-6H2,1-4H3. The van der Waals surface area contributed by atoms with Gasteiger partial charge in [-0.25, -0.2) is 0 Å². The molecule has 0 nitrogen and oxygen atoms in total. The van der Waals surface area contributed by atoms with Crippen molar-refractivity contribution in [3.63, 3.8) is 0 Å². The van der Waals surface area contributed by atoms with E-state index in [-0.39, 0.29) is 0 Å². The van der Waals surface area contributed by atoms with E-state index in [2.05, 4.69) is 27.7 Å². The van der Waals surface area contributed by atoms with Crippen LogP contribution in [0.25, 0.3) is 0 Å². The van der Waals surface area contributed by atoms with Crippen LogP contribution >= 0.6 is 0 Å². The lowest BCUT2D eigenvalue weighted by Gasteiger charge is -2.40. The van der Waals surface area contributed by atoms with Gasteiger partial charge < -0.3 is 0 Å². The number of hydrogen-bond acceptors (Lipinski definition) is 0. The molecule has 0 aromatic carbocycles. The molecule has 66 valence electrons. The second kappa shape index (κ2) is 1.54. The molecule has 2 saturated carbocycles. The highest BCUT2D eigenvalue weighted by Crippen LogP contribution is 2.79. The smallest absolute Gasteiger partial charge is 0.00533 e. The van der Waals surface area contributed by atoms with E-state index in [1.807, 2.05) is 0 Å². The van der Waals surface area contributed by atoms with Crippen molar-refractivity contribution in [1.29, 1.82) is 0 Å². The summed E-state index contributed by atoms with van der Waals surface area (Å²) in [7, 11) is 0. The van der Waals surface area contributed by atoms with Gasteiger partial charge in [0, 0.05) is 0 Å². The van der Waals surface area contributed by atoms with E-state index in [4.69, 9.17) is 0 Å². The first-order valence-corrected chi connectivity index (χ1v) is 5.18. The third-order valence-corrected chi connectivity index (χ3v) is 5.53. The second-order valence-corrected chi connectivity index (χ2v) is 5.71. The van der Waals surface area contributed by atoms with Gasteiger partial charge in [0.1, 0.15) is 0 Å². The van der Waals surface area contributed by atoms with Gasteiger partial charge in [0.2, 0.25) is 0 Å². The first kappa shape index (κ1) is 7.17. The van der Waals surface area contributed by atoms with Crippen molar-refractivity contribution in [3.8, 4) is 0 Å². The fourth-order valence-corrected chi connectivity index (χ4v) is 4.18. The molecule has 4 aliphatic carbocycles. The molecule has 4 rings (SSSR count). The lowest BCUT2D eigenvalue weighted by atomic mass is 9.65. The van der Waals surface area contributed by atoms with Gasteiger partial charge in [0.15, 0.2) is 0 Å². The minimum absolute atomic E-state index is 0.608. The van der Waals surface area contributed by atoms with Crippen molar-refractivity contribution in [2.45, 2.75) is 40.5 Å². The van der Waals surface area contributed by atoms with Crippen LogP contribution in [0.3, 0.4) is 0 Å². The third kappa shape index (κ3) is 0.471. The zero-order valence-corrected chi connectivity index (χ0v) is 8.57. The molecular formula is C12H18. The SMILES string of the molecule is CC1=C(C)C2(C)C3CC1(C)CC32. The number of rotatable bonds is 0. The van der Waals surface area contributed by atoms with Gasteiger partial charge in [-0.15, -0.1) is 0 Å². The van der Waals surface area contributed by atoms with Crippen LogP contribution in [-0.2, 0) is 0 Å². The molecule has 0 aromatic rings. The first-order chi connectivity index (χ1) is 5.50. The second-order valence-electron chi connectivity index (χ2n) is 5.71. The van der Waals surface area contributed by atoms with Crippen LogP contribution in [0.2, 0.25) is 0 Å². The molecule has 0 heterocycles. The quantitative estimate of drug-likeness (QED) is 0.479. The lowest BCUT2D eigenvalue weighted by Crippen LogP contribution is -2.29. The van der Waals surface area contributed by atoms with Crippen molar-refractivity contribution in [2.24, 2.45) is 22.7 Å². The topological polar surface area (TPSA) is 0 Å². The summed E-state index contributed by atoms with van der Waals surface area (Å²) in [6.45, 7) is 9.70. The predicted molar refractivity (Wildman–Crippen MR) is 50.8 cm³/mol. The van der Waals surface area contributed by atoms with Gasteiger partial charge in [-0.3, -0.25) is 0 Å². The maximum atomic E-state index is 2.49. The predicted octanol–water partition coefficient (Wildman–Crippen LogP) is 3.39. The van der Waals surface area contributed by atoms with Crippen LogP contribution in [0, 0.1) is 22.7 Å². The van der Waals surface area contributed by atoms with E-state index in [0.29, 0.717) is 10.8 Å². The highest BCUT2D eigenvalue weighted by Gasteiger charge is 2.72. The molecule has 0 amide bonds. The summed E-state index contributed by atoms with van der Waals surface area (Å²) < 4.78 is 0. The highest BCUT2D eigenvalue weighted by atomic mass is 14.8. The van der Waals surface area contributed by atoms with Crippen molar-refractivity contribution in [1.82, 2.24) is 0 Å². The Balaban J connectivity index is 2.22. The number of hydrogen-bond donors (Lipinski definition) is 0. The summed E-state index contributed by atoms with van der Waals surface area (Å²) in [5, 5.41) is 0. The summed E-state index contributed by atoms with van der Waals surface area (Å²) in [6.07, 6.45) is 2.97. The molecule has 2 fully saturated rings. The van der Waals surface area contributed by atoms with Gasteiger partial charge in [-0.05, 0) is 49.4 Å². The van der Waals surface area contributed by atoms with Gasteiger partial charge in [0.05, 0.1) is 0 Å². The minimum atomic E-state index is 0.608. The molecule has 2 unspecified atom stereocenters. The van der Waals surface area contributed by atoms with Crippen LogP contribution in [0.5, 0.6) is 0 Å². The summed E-state index contributed by atoms with van der Waals surface area (Å²) in [4.78, 5) is 0. The molecule has 0 aromatic heterocycles. The maximum Gasteiger partial charge on any atom is -0.00533 e. The van der Waals surface area contributed by atoms with Crippen molar-refractivity contribution in [2.75, 3.05) is 0 Å². The first-order valence-electron chi connectivity index (χ1n) is 5.18. The average Bonchev–Trinajstić information content (AvgIpc) is 2.49. The molecule has 12 heavy (non-hydrogen) atoms. The molecule has 4 aliphatic rings. The molecule has 0 aliphatic heterocycles. The zero-order valence-electron chi connectivity index (χ0n) is 8.57. The monoisotopic (exact) mass is 162 g/mol. The summed E-state index contributed by atoms with van der Waals surface area (Å²) in [6, 6.07) is 0. The normalized spacial score (nSPS) is 61.0. The summed E-state index contributed by atoms with van der Waals surface area (Å²) in [5.41, 5.74) is 4.71. The molecular weight excluding hydrogens is 144 g/mol. The molecule has 0 spiro atoms. The Kier molecular flexibility index (Phi) is 0.919. The summed E-state index contributed by atoms with van der Waals surface area (Å²) in [5.74, 6) is 2.12. The van der Waals surface area contributed by atoms with E-state index in [0.717, 1.165) is 11.8 Å². The zero-order chi connectivity index (χ0) is 8.72. The molecule has 0 N–H and O–H groups in total. The Morgan fingerprint density at radius 3 is 2.00 bits per heavy atom. The summed E-state index contributed by atoms with van der Waals surface area (Å²) >= 11 is 0. The number of allylic oxidation sites excluding steroid dienone is 2. The van der Waals surface area contributed by atoms with Gasteiger partial charge in [-0.2, -0.15) is 0 Å². The molecule has 0 radical (unpaired) electrons. The van der Waals surface area contributed by atoms with Crippen LogP contribution in [0.15, 0.2) is 11.1 Å². The fourth-order valence-electron chi connectivity index (χ4n) is 4.18. The van der Waals surface area contributed by atoms with Gasteiger partial charge >= 0.3 is 0 Å². The molecule has 2 atom stereocenters. The Labute approximate surface area is 75.0 Å². The van der Waals surface area contributed by atoms with Crippen molar-refractivity contribution < 1.29 is 0 Å². The van der Waals surface area contributed by atoms with Gasteiger partial charge in [-0.1, -0.05) is 25.0 Å². The Hall–Kier alpha value is -0.260. The van der Waals surface area contributed by atoms with E-state index in [9.17, 15) is 0 Å². The van der Waals surface area contributed by atoms with Crippen LogP contribution in [0.4, 0.5) is 0 Å². The Bertz CT molecular complexity index is 271. The largest absolute Gasteiger partial charge is 0.0679 e. The van der Waals surface area contributed by atoms with Gasteiger partial charge in [0.25, 0.3) is 0 Å². The van der Waals surface area contributed by atoms with E-state index >= 15 is 0 Å². The van der Waals surface area contributed by atoms with Crippen LogP contribution in [-0.4, -0.2) is 0 Å². The van der Waals surface area contributed by atoms with Crippen molar-refractivity contribution in [3.05, 3.63) is 11.1 Å². The molecule has 0 heteroatoms. The third-order valence-electron chi connectivity index (χ3n) is 5.53.